The van der Waals surface area contributed by atoms with Crippen LogP contribution in [-0.2, 0) is 4.79 Å². The fourth-order valence-electron chi connectivity index (χ4n) is 3.86. The Labute approximate surface area is 153 Å². The van der Waals surface area contributed by atoms with Crippen LogP contribution in [0.25, 0.3) is 0 Å². The molecule has 2 fully saturated rings. The minimum Gasteiger partial charge on any atom is -0.364 e. The first kappa shape index (κ1) is 18.3. The lowest BCUT2D eigenvalue weighted by atomic mass is 9.86. The minimum atomic E-state index is -0.580. The third-order valence-corrected chi connectivity index (χ3v) is 5.55. The number of rotatable bonds is 4. The topological polar surface area (TPSA) is 95.7 Å². The van der Waals surface area contributed by atoms with Crippen LogP contribution in [0, 0.1) is 0 Å². The summed E-state index contributed by atoms with van der Waals surface area (Å²) in [6, 6.07) is 0. The van der Waals surface area contributed by atoms with Crippen LogP contribution in [0.5, 0.6) is 0 Å². The fourth-order valence-corrected chi connectivity index (χ4v) is 3.86. The summed E-state index contributed by atoms with van der Waals surface area (Å²) >= 11 is 0. The summed E-state index contributed by atoms with van der Waals surface area (Å²) in [7, 11) is 2.12. The van der Waals surface area contributed by atoms with Gasteiger partial charge < -0.3 is 15.5 Å². The highest BCUT2D eigenvalue weighted by atomic mass is 16.2. The zero-order valence-corrected chi connectivity index (χ0v) is 15.2. The highest BCUT2D eigenvalue weighted by Crippen LogP contribution is 2.33. The number of hydrogen-bond acceptors (Lipinski definition) is 6. The second-order valence-electron chi connectivity index (χ2n) is 7.07. The number of primary amides is 1. The molecule has 140 valence electrons. The summed E-state index contributed by atoms with van der Waals surface area (Å²) in [6.45, 7) is 7.45. The van der Waals surface area contributed by atoms with E-state index in [1.165, 1.54) is 6.20 Å². The van der Waals surface area contributed by atoms with Crippen LogP contribution in [0.15, 0.2) is 25.0 Å². The van der Waals surface area contributed by atoms with Gasteiger partial charge in [-0.15, -0.1) is 6.58 Å². The van der Waals surface area contributed by atoms with Gasteiger partial charge in [0.15, 0.2) is 0 Å². The third-order valence-electron chi connectivity index (χ3n) is 5.55. The second-order valence-corrected chi connectivity index (χ2v) is 7.07. The number of likely N-dealkylation sites (tertiary alicyclic amines) is 1. The summed E-state index contributed by atoms with van der Waals surface area (Å²) in [4.78, 5) is 38.6. The van der Waals surface area contributed by atoms with E-state index in [9.17, 15) is 9.59 Å². The fraction of sp³-hybridized carbons (Fsp3) is 0.556. The zero-order chi connectivity index (χ0) is 18.7. The lowest BCUT2D eigenvalue weighted by Gasteiger charge is -2.49. The summed E-state index contributed by atoms with van der Waals surface area (Å²) in [5.74, 6) is 0.262. The van der Waals surface area contributed by atoms with E-state index in [0.717, 1.165) is 39.0 Å². The molecule has 0 aliphatic carbocycles. The molecule has 0 bridgehead atoms. The Morgan fingerprint density at radius 3 is 2.88 bits per heavy atom. The van der Waals surface area contributed by atoms with Gasteiger partial charge in [-0.2, -0.15) is 0 Å². The van der Waals surface area contributed by atoms with E-state index in [0.29, 0.717) is 18.8 Å². The first-order valence-corrected chi connectivity index (χ1v) is 8.92. The van der Waals surface area contributed by atoms with Gasteiger partial charge in [-0.1, -0.05) is 6.08 Å². The first-order chi connectivity index (χ1) is 12.4. The number of carbonyl (C=O) groups excluding carboxylic acids is 2. The molecule has 3 rings (SSSR count). The maximum atomic E-state index is 12.4. The van der Waals surface area contributed by atoms with E-state index >= 15 is 0 Å². The lowest BCUT2D eigenvalue weighted by Crippen LogP contribution is -2.61. The standard InChI is InChI=1S/C18H26N6O2/c1-3-7-23-8-6-18(5-4-16(23)25)13-24(10-9-22(18)2)15-12-20-11-14(21-15)17(19)26/h3,11-12H,1,4-10,13H2,2H3,(H2,19,26). The molecular weight excluding hydrogens is 332 g/mol. The minimum absolute atomic E-state index is 0.103. The molecule has 0 aromatic carbocycles. The molecule has 1 atom stereocenters. The van der Waals surface area contributed by atoms with Crippen LogP contribution >= 0.6 is 0 Å². The van der Waals surface area contributed by atoms with Crippen LogP contribution in [-0.4, -0.2) is 76.9 Å². The molecule has 1 unspecified atom stereocenters. The van der Waals surface area contributed by atoms with Gasteiger partial charge >= 0.3 is 0 Å². The number of hydrogen-bond donors (Lipinski definition) is 1. The lowest BCUT2D eigenvalue weighted by molar-refractivity contribution is -0.130. The zero-order valence-electron chi connectivity index (χ0n) is 15.2. The SMILES string of the molecule is C=CCN1CCC2(CCC1=O)CN(c1cncc(C(N)=O)n1)CCN2C. The van der Waals surface area contributed by atoms with Crippen molar-refractivity contribution >= 4 is 17.6 Å². The highest BCUT2D eigenvalue weighted by Gasteiger charge is 2.42. The molecule has 0 radical (unpaired) electrons. The maximum absolute atomic E-state index is 12.4. The molecule has 2 saturated heterocycles. The molecular formula is C18H26N6O2. The van der Waals surface area contributed by atoms with Crippen LogP contribution < -0.4 is 10.6 Å². The predicted molar refractivity (Wildman–Crippen MR) is 98.8 cm³/mol. The van der Waals surface area contributed by atoms with Gasteiger partial charge in [0.1, 0.15) is 11.5 Å². The molecule has 2 N–H and O–H groups in total. The normalized spacial score (nSPS) is 24.6. The highest BCUT2D eigenvalue weighted by molar-refractivity contribution is 5.90. The molecule has 1 aromatic heterocycles. The van der Waals surface area contributed by atoms with Crippen LogP contribution in [0.3, 0.4) is 0 Å². The van der Waals surface area contributed by atoms with Crippen molar-refractivity contribution in [3.05, 3.63) is 30.7 Å². The molecule has 26 heavy (non-hydrogen) atoms. The molecule has 3 heterocycles. The Kier molecular flexibility index (Phi) is 5.22. The van der Waals surface area contributed by atoms with Gasteiger partial charge in [0.2, 0.25) is 5.91 Å². The molecule has 1 aromatic rings. The summed E-state index contributed by atoms with van der Waals surface area (Å²) in [6.07, 6.45) is 7.04. The number of nitrogens with two attached hydrogens (primary N) is 1. The van der Waals surface area contributed by atoms with Crippen molar-refractivity contribution in [3.8, 4) is 0 Å². The van der Waals surface area contributed by atoms with Crippen molar-refractivity contribution in [2.45, 2.75) is 24.8 Å². The average molecular weight is 358 g/mol. The molecule has 0 saturated carbocycles. The van der Waals surface area contributed by atoms with Crippen molar-refractivity contribution in [2.24, 2.45) is 5.73 Å². The largest absolute Gasteiger partial charge is 0.364 e. The molecule has 2 aliphatic rings. The van der Waals surface area contributed by atoms with Crippen LogP contribution in [0.4, 0.5) is 5.82 Å². The Morgan fingerprint density at radius 1 is 1.35 bits per heavy atom. The third kappa shape index (κ3) is 3.55. The number of nitrogens with zero attached hydrogens (tertiary/aromatic N) is 5. The van der Waals surface area contributed by atoms with Crippen molar-refractivity contribution < 1.29 is 9.59 Å². The number of likely N-dealkylation sites (N-methyl/N-ethyl adjacent to an activating group) is 1. The quantitative estimate of drug-likeness (QED) is 0.776. The number of carbonyl (C=O) groups is 2. The number of anilines is 1. The van der Waals surface area contributed by atoms with Crippen molar-refractivity contribution in [1.82, 2.24) is 19.8 Å². The first-order valence-electron chi connectivity index (χ1n) is 8.92. The van der Waals surface area contributed by atoms with Crippen molar-refractivity contribution in [2.75, 3.05) is 44.7 Å². The van der Waals surface area contributed by atoms with Gasteiger partial charge in [0.05, 0.1) is 12.4 Å². The van der Waals surface area contributed by atoms with Gasteiger partial charge in [-0.05, 0) is 19.9 Å². The van der Waals surface area contributed by atoms with Crippen molar-refractivity contribution in [3.63, 3.8) is 0 Å². The molecule has 2 amide bonds. The van der Waals surface area contributed by atoms with E-state index in [1.807, 2.05) is 4.90 Å². The van der Waals surface area contributed by atoms with Crippen LogP contribution in [0.2, 0.25) is 0 Å². The Hall–Kier alpha value is -2.48. The second kappa shape index (κ2) is 7.41. The van der Waals surface area contributed by atoms with E-state index in [-0.39, 0.29) is 17.1 Å². The maximum Gasteiger partial charge on any atom is 0.268 e. The molecule has 1 spiro atoms. The van der Waals surface area contributed by atoms with Gasteiger partial charge in [0, 0.05) is 44.7 Å². The smallest absolute Gasteiger partial charge is 0.268 e. The van der Waals surface area contributed by atoms with Crippen LogP contribution in [0.1, 0.15) is 29.8 Å². The predicted octanol–water partition coefficient (Wildman–Crippen LogP) is 0.265. The molecule has 8 nitrogen and oxygen atoms in total. The van der Waals surface area contributed by atoms with E-state index in [4.69, 9.17) is 5.73 Å². The number of piperazine rings is 1. The van der Waals surface area contributed by atoms with Gasteiger partial charge in [-0.25, -0.2) is 4.98 Å². The Balaban J connectivity index is 1.81. The molecule has 2 aliphatic heterocycles. The summed E-state index contributed by atoms with van der Waals surface area (Å²) in [5, 5.41) is 0. The van der Waals surface area contributed by atoms with Crippen molar-refractivity contribution in [1.29, 1.82) is 0 Å². The monoisotopic (exact) mass is 358 g/mol. The van der Waals surface area contributed by atoms with E-state index in [1.54, 1.807) is 12.3 Å². The van der Waals surface area contributed by atoms with Gasteiger partial charge in [0.25, 0.3) is 5.91 Å². The average Bonchev–Trinajstić information content (AvgIpc) is 2.79. The number of amides is 2. The van der Waals surface area contributed by atoms with Gasteiger partial charge in [-0.3, -0.25) is 19.5 Å². The number of aromatic nitrogens is 2. The Morgan fingerprint density at radius 2 is 2.15 bits per heavy atom. The molecule has 8 heteroatoms. The summed E-state index contributed by atoms with van der Waals surface area (Å²) in [5.41, 5.74) is 5.40. The summed E-state index contributed by atoms with van der Waals surface area (Å²) < 4.78 is 0. The van der Waals surface area contributed by atoms with E-state index < -0.39 is 5.91 Å². The Bertz CT molecular complexity index is 709. The van der Waals surface area contributed by atoms with E-state index in [2.05, 4.69) is 33.4 Å².